The van der Waals surface area contributed by atoms with Crippen LogP contribution in [-0.2, 0) is 9.59 Å². The SMILES string of the molecule is CC(=O)N(CCC(=O)Nc1ccccc1)c1cc(Cl)cc(Cl)c1. The molecule has 0 aliphatic heterocycles. The van der Waals surface area contributed by atoms with Crippen LogP contribution in [0.15, 0.2) is 48.5 Å². The summed E-state index contributed by atoms with van der Waals surface area (Å²) in [5, 5.41) is 3.66. The molecular formula is C17H16Cl2N2O2. The second-order valence-electron chi connectivity index (χ2n) is 4.96. The summed E-state index contributed by atoms with van der Waals surface area (Å²) in [6.07, 6.45) is 0.165. The first-order chi connectivity index (χ1) is 11.0. The standard InChI is InChI=1S/C17H16Cl2N2O2/c1-12(22)21(16-10-13(18)9-14(19)11-16)8-7-17(23)20-15-5-3-2-4-6-15/h2-6,9-11H,7-8H2,1H3,(H,20,23). The molecule has 23 heavy (non-hydrogen) atoms. The lowest BCUT2D eigenvalue weighted by molar-refractivity contribution is -0.117. The smallest absolute Gasteiger partial charge is 0.226 e. The predicted molar refractivity (Wildman–Crippen MR) is 94.2 cm³/mol. The van der Waals surface area contributed by atoms with Crippen LogP contribution in [0.5, 0.6) is 0 Å². The number of benzene rings is 2. The fourth-order valence-electron chi connectivity index (χ4n) is 2.12. The van der Waals surface area contributed by atoms with Gasteiger partial charge in [-0.2, -0.15) is 0 Å². The monoisotopic (exact) mass is 350 g/mol. The number of para-hydroxylation sites is 1. The summed E-state index contributed by atoms with van der Waals surface area (Å²) in [5.74, 6) is -0.355. The van der Waals surface area contributed by atoms with Crippen LogP contribution in [0, 0.1) is 0 Å². The van der Waals surface area contributed by atoms with Gasteiger partial charge in [0.25, 0.3) is 0 Å². The highest BCUT2D eigenvalue weighted by atomic mass is 35.5. The average Bonchev–Trinajstić information content (AvgIpc) is 2.47. The summed E-state index contributed by atoms with van der Waals surface area (Å²) in [5.41, 5.74) is 1.29. The number of rotatable bonds is 5. The molecule has 0 aliphatic carbocycles. The topological polar surface area (TPSA) is 49.4 Å². The van der Waals surface area contributed by atoms with Crippen molar-refractivity contribution in [2.24, 2.45) is 0 Å². The highest BCUT2D eigenvalue weighted by Crippen LogP contribution is 2.25. The molecule has 2 rings (SSSR count). The number of anilines is 2. The summed E-state index contributed by atoms with van der Waals surface area (Å²) < 4.78 is 0. The summed E-state index contributed by atoms with van der Waals surface area (Å²) >= 11 is 11.9. The molecule has 0 bridgehead atoms. The maximum Gasteiger partial charge on any atom is 0.226 e. The zero-order valence-electron chi connectivity index (χ0n) is 12.6. The van der Waals surface area contributed by atoms with Crippen molar-refractivity contribution >= 4 is 46.4 Å². The van der Waals surface area contributed by atoms with E-state index in [0.717, 1.165) is 5.69 Å². The van der Waals surface area contributed by atoms with Gasteiger partial charge >= 0.3 is 0 Å². The van der Waals surface area contributed by atoms with Gasteiger partial charge in [-0.25, -0.2) is 0 Å². The third-order valence-electron chi connectivity index (χ3n) is 3.16. The van der Waals surface area contributed by atoms with Crippen LogP contribution < -0.4 is 10.2 Å². The first kappa shape index (κ1) is 17.3. The number of halogens is 2. The largest absolute Gasteiger partial charge is 0.326 e. The molecule has 0 saturated heterocycles. The van der Waals surface area contributed by atoms with Gasteiger partial charge in [-0.05, 0) is 30.3 Å². The van der Waals surface area contributed by atoms with E-state index in [1.807, 2.05) is 18.2 Å². The van der Waals surface area contributed by atoms with Crippen molar-refractivity contribution in [3.8, 4) is 0 Å². The number of carbonyl (C=O) groups excluding carboxylic acids is 2. The van der Waals surface area contributed by atoms with Gasteiger partial charge in [-0.1, -0.05) is 41.4 Å². The molecule has 0 aromatic heterocycles. The first-order valence-electron chi connectivity index (χ1n) is 7.05. The van der Waals surface area contributed by atoms with Crippen LogP contribution in [0.1, 0.15) is 13.3 Å². The Balaban J connectivity index is 2.02. The molecule has 0 radical (unpaired) electrons. The molecule has 0 fully saturated rings. The highest BCUT2D eigenvalue weighted by Gasteiger charge is 2.14. The van der Waals surface area contributed by atoms with Gasteiger partial charge in [-0.15, -0.1) is 0 Å². The van der Waals surface area contributed by atoms with E-state index in [1.54, 1.807) is 30.3 Å². The number of carbonyl (C=O) groups is 2. The van der Waals surface area contributed by atoms with Crippen molar-refractivity contribution in [3.63, 3.8) is 0 Å². The van der Waals surface area contributed by atoms with Crippen LogP contribution in [-0.4, -0.2) is 18.4 Å². The van der Waals surface area contributed by atoms with Gasteiger partial charge in [-0.3, -0.25) is 9.59 Å². The molecular weight excluding hydrogens is 335 g/mol. The molecule has 0 unspecified atom stereocenters. The van der Waals surface area contributed by atoms with Gasteiger partial charge in [0.2, 0.25) is 11.8 Å². The first-order valence-corrected chi connectivity index (χ1v) is 7.80. The second kappa shape index (κ2) is 7.99. The third-order valence-corrected chi connectivity index (χ3v) is 3.60. The van der Waals surface area contributed by atoms with Gasteiger partial charge in [0, 0.05) is 41.3 Å². The van der Waals surface area contributed by atoms with Crippen LogP contribution >= 0.6 is 23.2 Å². The Kier molecular flexibility index (Phi) is 6.02. The van der Waals surface area contributed by atoms with E-state index in [1.165, 1.54) is 11.8 Å². The number of hydrogen-bond donors (Lipinski definition) is 1. The fraction of sp³-hybridized carbons (Fsp3) is 0.176. The summed E-state index contributed by atoms with van der Waals surface area (Å²) in [7, 11) is 0. The lowest BCUT2D eigenvalue weighted by Gasteiger charge is -2.21. The van der Waals surface area contributed by atoms with E-state index in [2.05, 4.69) is 5.32 Å². The minimum absolute atomic E-state index is 0.165. The van der Waals surface area contributed by atoms with E-state index >= 15 is 0 Å². The van der Waals surface area contributed by atoms with Crippen LogP contribution in [0.4, 0.5) is 11.4 Å². The van der Waals surface area contributed by atoms with E-state index in [-0.39, 0.29) is 24.8 Å². The molecule has 120 valence electrons. The lowest BCUT2D eigenvalue weighted by atomic mass is 10.2. The Morgan fingerprint density at radius 1 is 1.04 bits per heavy atom. The van der Waals surface area contributed by atoms with E-state index in [4.69, 9.17) is 23.2 Å². The van der Waals surface area contributed by atoms with Crippen LogP contribution in [0.2, 0.25) is 10.0 Å². The van der Waals surface area contributed by atoms with Gasteiger partial charge in [0.15, 0.2) is 0 Å². The molecule has 0 atom stereocenters. The maximum absolute atomic E-state index is 12.0. The lowest BCUT2D eigenvalue weighted by Crippen LogP contribution is -2.32. The van der Waals surface area contributed by atoms with Crippen molar-refractivity contribution < 1.29 is 9.59 Å². The minimum atomic E-state index is -0.184. The van der Waals surface area contributed by atoms with E-state index < -0.39 is 0 Å². The Labute approximate surface area is 145 Å². The summed E-state index contributed by atoms with van der Waals surface area (Å²) in [6.45, 7) is 1.68. The minimum Gasteiger partial charge on any atom is -0.326 e. The third kappa shape index (κ3) is 5.27. The molecule has 0 heterocycles. The maximum atomic E-state index is 12.0. The number of nitrogens with zero attached hydrogens (tertiary/aromatic N) is 1. The number of hydrogen-bond acceptors (Lipinski definition) is 2. The van der Waals surface area contributed by atoms with Crippen molar-refractivity contribution in [3.05, 3.63) is 58.6 Å². The molecule has 2 aromatic carbocycles. The zero-order chi connectivity index (χ0) is 16.8. The Hall–Kier alpha value is -2.04. The van der Waals surface area contributed by atoms with Gasteiger partial charge in [0.1, 0.15) is 0 Å². The van der Waals surface area contributed by atoms with Crippen LogP contribution in [0.25, 0.3) is 0 Å². The Morgan fingerprint density at radius 3 is 2.22 bits per heavy atom. The Morgan fingerprint density at radius 2 is 1.65 bits per heavy atom. The van der Waals surface area contributed by atoms with E-state index in [0.29, 0.717) is 15.7 Å². The van der Waals surface area contributed by atoms with Crippen LogP contribution in [0.3, 0.4) is 0 Å². The molecule has 0 spiro atoms. The van der Waals surface area contributed by atoms with E-state index in [9.17, 15) is 9.59 Å². The van der Waals surface area contributed by atoms with Crippen molar-refractivity contribution in [1.82, 2.24) is 0 Å². The average molecular weight is 351 g/mol. The highest BCUT2D eigenvalue weighted by molar-refractivity contribution is 6.35. The second-order valence-corrected chi connectivity index (χ2v) is 5.84. The summed E-state index contributed by atoms with van der Waals surface area (Å²) in [4.78, 5) is 25.3. The molecule has 2 aromatic rings. The fourth-order valence-corrected chi connectivity index (χ4v) is 2.64. The van der Waals surface area contributed by atoms with Crippen molar-refractivity contribution in [1.29, 1.82) is 0 Å². The van der Waals surface area contributed by atoms with Crippen molar-refractivity contribution in [2.45, 2.75) is 13.3 Å². The molecule has 2 amide bonds. The van der Waals surface area contributed by atoms with Crippen molar-refractivity contribution in [2.75, 3.05) is 16.8 Å². The molecule has 0 aliphatic rings. The normalized spacial score (nSPS) is 10.2. The van der Waals surface area contributed by atoms with Gasteiger partial charge in [0.05, 0.1) is 0 Å². The molecule has 1 N–H and O–H groups in total. The zero-order valence-corrected chi connectivity index (χ0v) is 14.1. The molecule has 6 heteroatoms. The summed E-state index contributed by atoms with van der Waals surface area (Å²) in [6, 6.07) is 14.0. The quantitative estimate of drug-likeness (QED) is 0.869. The Bertz CT molecular complexity index is 685. The number of amides is 2. The predicted octanol–water partition coefficient (Wildman–Crippen LogP) is 4.38. The molecule has 4 nitrogen and oxygen atoms in total. The number of nitrogens with one attached hydrogen (secondary N) is 1. The molecule has 0 saturated carbocycles. The van der Waals surface area contributed by atoms with Gasteiger partial charge < -0.3 is 10.2 Å².